The van der Waals surface area contributed by atoms with Crippen LogP contribution in [0.3, 0.4) is 0 Å². The van der Waals surface area contributed by atoms with Gasteiger partial charge in [0.2, 0.25) is 5.95 Å². The highest BCUT2D eigenvalue weighted by Gasteiger charge is 2.14. The number of aromatic nitrogens is 3. The predicted molar refractivity (Wildman–Crippen MR) is 68.0 cm³/mol. The molecule has 5 heteroatoms. The van der Waals surface area contributed by atoms with Crippen molar-refractivity contribution in [3.63, 3.8) is 0 Å². The number of hydrogen-bond donors (Lipinski definition) is 2. The summed E-state index contributed by atoms with van der Waals surface area (Å²) in [4.78, 5) is 4.52. The predicted octanol–water partition coefficient (Wildman–Crippen LogP) is 1.02. The minimum atomic E-state index is 0.672. The van der Waals surface area contributed by atoms with Gasteiger partial charge >= 0.3 is 0 Å². The number of rotatable bonds is 5. The Labute approximate surface area is 102 Å². The molecule has 0 spiro atoms. The van der Waals surface area contributed by atoms with Crippen LogP contribution in [0.1, 0.15) is 31.7 Å². The Kier molecular flexibility index (Phi) is 4.25. The van der Waals surface area contributed by atoms with Crippen molar-refractivity contribution in [1.82, 2.24) is 20.5 Å². The molecule has 1 fully saturated rings. The highest BCUT2D eigenvalue weighted by Crippen LogP contribution is 2.10. The van der Waals surface area contributed by atoms with Gasteiger partial charge in [0, 0.05) is 6.54 Å². The van der Waals surface area contributed by atoms with Gasteiger partial charge in [0.15, 0.2) is 0 Å². The molecule has 0 aliphatic carbocycles. The van der Waals surface area contributed by atoms with Crippen LogP contribution in [0, 0.1) is 5.92 Å². The summed E-state index contributed by atoms with van der Waals surface area (Å²) in [7, 11) is 0. The summed E-state index contributed by atoms with van der Waals surface area (Å²) in [5.74, 6) is 1.36. The van der Waals surface area contributed by atoms with Crippen LogP contribution in [0.4, 0.5) is 5.95 Å². The molecule has 17 heavy (non-hydrogen) atoms. The topological polar surface area (TPSA) is 62.7 Å². The minimum absolute atomic E-state index is 0.672. The second kappa shape index (κ2) is 5.91. The molecule has 1 aromatic rings. The van der Waals surface area contributed by atoms with E-state index in [1.807, 2.05) is 0 Å². The Morgan fingerprint density at radius 2 is 2.06 bits per heavy atom. The van der Waals surface area contributed by atoms with Crippen LogP contribution >= 0.6 is 0 Å². The molecule has 0 amide bonds. The Bertz CT molecular complexity index is 360. The molecule has 1 saturated heterocycles. The summed E-state index contributed by atoms with van der Waals surface area (Å²) in [5, 5.41) is 15.0. The van der Waals surface area contributed by atoms with E-state index in [1.54, 1.807) is 0 Å². The molecule has 1 atom stereocenters. The van der Waals surface area contributed by atoms with E-state index in [-0.39, 0.29) is 0 Å². The van der Waals surface area contributed by atoms with E-state index < -0.39 is 0 Å². The first-order valence-electron chi connectivity index (χ1n) is 6.50. The van der Waals surface area contributed by atoms with Crippen LogP contribution in [-0.4, -0.2) is 34.8 Å². The molecule has 2 rings (SSSR count). The van der Waals surface area contributed by atoms with Crippen molar-refractivity contribution in [3.8, 4) is 0 Å². The number of nitrogens with zero attached hydrogens (tertiary/aromatic N) is 3. The van der Waals surface area contributed by atoms with E-state index in [1.165, 1.54) is 6.42 Å². The van der Waals surface area contributed by atoms with Crippen molar-refractivity contribution in [2.45, 2.75) is 33.1 Å². The van der Waals surface area contributed by atoms with Crippen molar-refractivity contribution in [3.05, 3.63) is 11.4 Å². The SMILES string of the molecule is CCc1nnc(NCC2CCNC2)nc1CC. The van der Waals surface area contributed by atoms with Gasteiger partial charge in [-0.3, -0.25) is 0 Å². The second-order valence-corrected chi connectivity index (χ2v) is 4.48. The van der Waals surface area contributed by atoms with Gasteiger partial charge in [-0.25, -0.2) is 4.98 Å². The summed E-state index contributed by atoms with van der Waals surface area (Å²) >= 11 is 0. The van der Waals surface area contributed by atoms with E-state index >= 15 is 0 Å². The van der Waals surface area contributed by atoms with E-state index in [0.29, 0.717) is 11.9 Å². The third kappa shape index (κ3) is 3.12. The zero-order valence-electron chi connectivity index (χ0n) is 10.7. The Morgan fingerprint density at radius 1 is 1.24 bits per heavy atom. The third-order valence-corrected chi connectivity index (χ3v) is 3.22. The zero-order chi connectivity index (χ0) is 12.1. The normalized spacial score (nSPS) is 19.5. The lowest BCUT2D eigenvalue weighted by Crippen LogP contribution is -2.19. The lowest BCUT2D eigenvalue weighted by molar-refractivity contribution is 0.611. The van der Waals surface area contributed by atoms with Crippen LogP contribution in [0.5, 0.6) is 0 Å². The van der Waals surface area contributed by atoms with E-state index in [4.69, 9.17) is 0 Å². The average Bonchev–Trinajstić information content (AvgIpc) is 2.89. The molecule has 1 aromatic heterocycles. The van der Waals surface area contributed by atoms with E-state index in [9.17, 15) is 0 Å². The van der Waals surface area contributed by atoms with Crippen LogP contribution in [0.25, 0.3) is 0 Å². The maximum absolute atomic E-state index is 4.52. The van der Waals surface area contributed by atoms with Gasteiger partial charge in [0.05, 0.1) is 11.4 Å². The summed E-state index contributed by atoms with van der Waals surface area (Å²) in [6.07, 6.45) is 3.04. The lowest BCUT2D eigenvalue weighted by atomic mass is 10.1. The standard InChI is InChI=1S/C12H21N5/c1-3-10-11(4-2)16-17-12(15-10)14-8-9-5-6-13-7-9/h9,13H,3-8H2,1-2H3,(H,14,15,17). The third-order valence-electron chi connectivity index (χ3n) is 3.22. The van der Waals surface area contributed by atoms with E-state index in [0.717, 1.165) is 43.9 Å². The van der Waals surface area contributed by atoms with Crippen molar-refractivity contribution < 1.29 is 0 Å². The number of hydrogen-bond acceptors (Lipinski definition) is 5. The smallest absolute Gasteiger partial charge is 0.242 e. The second-order valence-electron chi connectivity index (χ2n) is 4.48. The van der Waals surface area contributed by atoms with Gasteiger partial charge in [0.25, 0.3) is 0 Å². The number of nitrogens with one attached hydrogen (secondary N) is 2. The Hall–Kier alpha value is -1.23. The first-order valence-corrected chi connectivity index (χ1v) is 6.50. The number of anilines is 1. The number of aryl methyl sites for hydroxylation is 2. The fourth-order valence-electron chi connectivity index (χ4n) is 2.14. The first kappa shape index (κ1) is 12.2. The Balaban J connectivity index is 1.95. The molecule has 5 nitrogen and oxygen atoms in total. The molecule has 0 bridgehead atoms. The molecule has 0 radical (unpaired) electrons. The average molecular weight is 235 g/mol. The summed E-state index contributed by atoms with van der Waals surface area (Å²) in [6.45, 7) is 7.34. The maximum atomic E-state index is 4.52. The van der Waals surface area contributed by atoms with Gasteiger partial charge in [-0.15, -0.1) is 5.10 Å². The van der Waals surface area contributed by atoms with Crippen LogP contribution in [0.2, 0.25) is 0 Å². The molecule has 2 N–H and O–H groups in total. The fraction of sp³-hybridized carbons (Fsp3) is 0.750. The molecule has 94 valence electrons. The van der Waals surface area contributed by atoms with Gasteiger partial charge in [0.1, 0.15) is 0 Å². The molecule has 1 unspecified atom stereocenters. The maximum Gasteiger partial charge on any atom is 0.242 e. The lowest BCUT2D eigenvalue weighted by Gasteiger charge is -2.11. The largest absolute Gasteiger partial charge is 0.353 e. The monoisotopic (exact) mass is 235 g/mol. The van der Waals surface area contributed by atoms with Crippen molar-refractivity contribution >= 4 is 5.95 Å². The van der Waals surface area contributed by atoms with Gasteiger partial charge in [-0.05, 0) is 38.3 Å². The van der Waals surface area contributed by atoms with Crippen molar-refractivity contribution in [2.75, 3.05) is 25.0 Å². The summed E-state index contributed by atoms with van der Waals surface area (Å²) < 4.78 is 0. The fourth-order valence-corrected chi connectivity index (χ4v) is 2.14. The van der Waals surface area contributed by atoms with Crippen LogP contribution < -0.4 is 10.6 Å². The van der Waals surface area contributed by atoms with Crippen molar-refractivity contribution in [1.29, 1.82) is 0 Å². The molecule has 0 aromatic carbocycles. The van der Waals surface area contributed by atoms with Crippen LogP contribution in [0.15, 0.2) is 0 Å². The molecular weight excluding hydrogens is 214 g/mol. The summed E-state index contributed by atoms with van der Waals surface area (Å²) in [5.41, 5.74) is 2.08. The van der Waals surface area contributed by atoms with Crippen LogP contribution in [-0.2, 0) is 12.8 Å². The van der Waals surface area contributed by atoms with E-state index in [2.05, 4.69) is 39.7 Å². The highest BCUT2D eigenvalue weighted by molar-refractivity contribution is 5.25. The zero-order valence-corrected chi connectivity index (χ0v) is 10.7. The highest BCUT2D eigenvalue weighted by atomic mass is 15.2. The molecular formula is C12H21N5. The summed E-state index contributed by atoms with van der Waals surface area (Å²) in [6, 6.07) is 0. The van der Waals surface area contributed by atoms with Crippen molar-refractivity contribution in [2.24, 2.45) is 5.92 Å². The first-order chi connectivity index (χ1) is 8.33. The minimum Gasteiger partial charge on any atom is -0.353 e. The molecule has 1 aliphatic rings. The van der Waals surface area contributed by atoms with Gasteiger partial charge < -0.3 is 10.6 Å². The molecule has 2 heterocycles. The molecule has 0 saturated carbocycles. The van der Waals surface area contributed by atoms with Gasteiger partial charge in [-0.2, -0.15) is 5.10 Å². The quantitative estimate of drug-likeness (QED) is 0.797. The Morgan fingerprint density at radius 3 is 2.71 bits per heavy atom. The molecule has 1 aliphatic heterocycles. The van der Waals surface area contributed by atoms with Gasteiger partial charge in [-0.1, -0.05) is 13.8 Å².